The van der Waals surface area contributed by atoms with Gasteiger partial charge in [0.1, 0.15) is 6.61 Å². The maximum Gasteiger partial charge on any atom is 0.410 e. The zero-order chi connectivity index (χ0) is 16.4. The van der Waals surface area contributed by atoms with E-state index >= 15 is 0 Å². The maximum absolute atomic E-state index is 12.4. The molecule has 1 aliphatic rings. The van der Waals surface area contributed by atoms with Gasteiger partial charge < -0.3 is 9.64 Å². The predicted octanol–water partition coefficient (Wildman–Crippen LogP) is 4.88. The van der Waals surface area contributed by atoms with Gasteiger partial charge in [-0.15, -0.1) is 0 Å². The molecule has 0 spiro atoms. The van der Waals surface area contributed by atoms with Gasteiger partial charge in [0, 0.05) is 23.0 Å². The first-order valence-electron chi connectivity index (χ1n) is 7.70. The van der Waals surface area contributed by atoms with Gasteiger partial charge in [-0.1, -0.05) is 66.2 Å². The van der Waals surface area contributed by atoms with Crippen LogP contribution in [0.3, 0.4) is 0 Å². The summed E-state index contributed by atoms with van der Waals surface area (Å²) in [5.41, 5.74) is 3.39. The minimum atomic E-state index is -0.257. The van der Waals surface area contributed by atoms with Crippen molar-refractivity contribution in [2.75, 3.05) is 6.54 Å². The molecule has 1 amide bonds. The van der Waals surface area contributed by atoms with Crippen molar-refractivity contribution in [3.63, 3.8) is 0 Å². The molecule has 1 aliphatic heterocycles. The number of rotatable bonds is 2. The van der Waals surface area contributed by atoms with E-state index in [0.717, 1.165) is 10.0 Å². The fourth-order valence-electron chi connectivity index (χ4n) is 3.12. The van der Waals surface area contributed by atoms with Gasteiger partial charge in [0.05, 0.1) is 0 Å². The summed E-state index contributed by atoms with van der Waals surface area (Å²) < 4.78 is 6.52. The average molecular weight is 374 g/mol. The minimum absolute atomic E-state index is 0.0833. The lowest BCUT2D eigenvalue weighted by Gasteiger charge is -2.39. The van der Waals surface area contributed by atoms with E-state index < -0.39 is 0 Å². The molecule has 0 aliphatic carbocycles. The Bertz CT molecular complexity index is 713. The fourth-order valence-corrected chi connectivity index (χ4v) is 3.53. The number of fused-ring (bicyclic) bond motifs is 1. The number of hydrogen-bond donors (Lipinski definition) is 0. The summed E-state index contributed by atoms with van der Waals surface area (Å²) in [6.45, 7) is 5.88. The quantitative estimate of drug-likeness (QED) is 0.750. The zero-order valence-electron chi connectivity index (χ0n) is 13.4. The minimum Gasteiger partial charge on any atom is -0.445 e. The molecule has 0 unspecified atom stereocenters. The topological polar surface area (TPSA) is 29.5 Å². The number of ether oxygens (including phenoxy) is 1. The summed E-state index contributed by atoms with van der Waals surface area (Å²) in [7, 11) is 0. The van der Waals surface area contributed by atoms with Crippen LogP contribution in [0.15, 0.2) is 53.0 Å². The molecule has 2 aromatic carbocycles. The average Bonchev–Trinajstić information content (AvgIpc) is 2.52. The van der Waals surface area contributed by atoms with Crippen molar-refractivity contribution in [1.29, 1.82) is 0 Å². The summed E-state index contributed by atoms with van der Waals surface area (Å²) in [5.74, 6) is 0. The molecule has 0 bridgehead atoms. The molecule has 0 fully saturated rings. The van der Waals surface area contributed by atoms with Crippen LogP contribution >= 0.6 is 15.9 Å². The molecule has 120 valence electrons. The van der Waals surface area contributed by atoms with Gasteiger partial charge in [0.2, 0.25) is 0 Å². The fraction of sp³-hybridized carbons (Fsp3) is 0.316. The number of carbonyl (C=O) groups is 1. The molecule has 0 radical (unpaired) electrons. The maximum atomic E-state index is 12.4. The zero-order valence-corrected chi connectivity index (χ0v) is 15.0. The number of hydrogen-bond acceptors (Lipinski definition) is 2. The van der Waals surface area contributed by atoms with Gasteiger partial charge in [0.15, 0.2) is 0 Å². The van der Waals surface area contributed by atoms with Gasteiger partial charge >= 0.3 is 6.09 Å². The molecule has 3 rings (SSSR count). The van der Waals surface area contributed by atoms with Gasteiger partial charge in [-0.05, 0) is 28.8 Å². The van der Waals surface area contributed by atoms with Crippen LogP contribution in [0.4, 0.5) is 4.79 Å². The Balaban J connectivity index is 1.73. The summed E-state index contributed by atoms with van der Waals surface area (Å²) >= 11 is 3.51. The number of halogens is 1. The molecule has 23 heavy (non-hydrogen) atoms. The SMILES string of the molecule is CC1(C)CN(C(=O)OCc2ccccc2)Cc2cc(Br)ccc21. The van der Waals surface area contributed by atoms with Crippen LogP contribution in [0.25, 0.3) is 0 Å². The Kier molecular flexibility index (Phi) is 4.44. The normalized spacial score (nSPS) is 15.9. The molecule has 2 aromatic rings. The van der Waals surface area contributed by atoms with Gasteiger partial charge in [-0.3, -0.25) is 0 Å². The Labute approximate surface area is 145 Å². The number of nitrogens with zero attached hydrogens (tertiary/aromatic N) is 1. The number of carbonyl (C=O) groups excluding carboxylic acids is 1. The van der Waals surface area contributed by atoms with Crippen molar-refractivity contribution < 1.29 is 9.53 Å². The van der Waals surface area contributed by atoms with E-state index in [-0.39, 0.29) is 11.5 Å². The van der Waals surface area contributed by atoms with Crippen LogP contribution in [0.2, 0.25) is 0 Å². The van der Waals surface area contributed by atoms with Crippen LogP contribution in [0.5, 0.6) is 0 Å². The van der Waals surface area contributed by atoms with Gasteiger partial charge in [0.25, 0.3) is 0 Å². The molecule has 0 saturated heterocycles. The highest BCUT2D eigenvalue weighted by Gasteiger charge is 2.34. The summed E-state index contributed by atoms with van der Waals surface area (Å²) in [6.07, 6.45) is -0.257. The van der Waals surface area contributed by atoms with E-state index in [1.807, 2.05) is 30.3 Å². The second kappa shape index (κ2) is 6.36. The second-order valence-corrected chi connectivity index (χ2v) is 7.50. The summed E-state index contributed by atoms with van der Waals surface area (Å²) in [6, 6.07) is 16.1. The lowest BCUT2D eigenvalue weighted by molar-refractivity contribution is 0.0819. The van der Waals surface area contributed by atoms with Crippen molar-refractivity contribution in [2.45, 2.75) is 32.4 Å². The van der Waals surface area contributed by atoms with Crippen molar-refractivity contribution in [3.05, 3.63) is 69.7 Å². The van der Waals surface area contributed by atoms with Crippen molar-refractivity contribution in [2.24, 2.45) is 0 Å². The standard InChI is InChI=1S/C19H20BrNO2/c1-19(2)13-21(11-15-10-16(20)8-9-17(15)19)18(22)23-12-14-6-4-3-5-7-14/h3-10H,11-13H2,1-2H3. The Hall–Kier alpha value is -1.81. The van der Waals surface area contributed by atoms with Crippen LogP contribution in [0.1, 0.15) is 30.5 Å². The van der Waals surface area contributed by atoms with E-state index in [0.29, 0.717) is 19.7 Å². The molecule has 0 saturated carbocycles. The molecular weight excluding hydrogens is 354 g/mol. The van der Waals surface area contributed by atoms with E-state index in [4.69, 9.17) is 4.74 Å². The van der Waals surface area contributed by atoms with Gasteiger partial charge in [-0.25, -0.2) is 4.79 Å². The van der Waals surface area contributed by atoms with E-state index in [1.54, 1.807) is 4.90 Å². The van der Waals surface area contributed by atoms with Crippen LogP contribution in [0, 0.1) is 0 Å². The van der Waals surface area contributed by atoms with E-state index in [2.05, 4.69) is 48.0 Å². The largest absolute Gasteiger partial charge is 0.445 e. The highest BCUT2D eigenvalue weighted by Crippen LogP contribution is 2.35. The number of benzene rings is 2. The predicted molar refractivity (Wildman–Crippen MR) is 94.2 cm³/mol. The van der Waals surface area contributed by atoms with Crippen molar-refractivity contribution in [3.8, 4) is 0 Å². The number of amides is 1. The third kappa shape index (κ3) is 3.58. The highest BCUT2D eigenvalue weighted by atomic mass is 79.9. The first-order chi connectivity index (χ1) is 11.0. The van der Waals surface area contributed by atoms with E-state index in [1.165, 1.54) is 11.1 Å². The Morgan fingerprint density at radius 2 is 1.96 bits per heavy atom. The summed E-state index contributed by atoms with van der Waals surface area (Å²) in [4.78, 5) is 14.2. The lowest BCUT2D eigenvalue weighted by Crippen LogP contribution is -2.45. The van der Waals surface area contributed by atoms with Crippen LogP contribution < -0.4 is 0 Å². The first-order valence-corrected chi connectivity index (χ1v) is 8.49. The third-order valence-corrected chi connectivity index (χ3v) is 4.70. The molecule has 0 aromatic heterocycles. The first kappa shape index (κ1) is 16.1. The van der Waals surface area contributed by atoms with Gasteiger partial charge in [-0.2, -0.15) is 0 Å². The highest BCUT2D eigenvalue weighted by molar-refractivity contribution is 9.10. The third-order valence-electron chi connectivity index (χ3n) is 4.21. The van der Waals surface area contributed by atoms with Crippen LogP contribution in [-0.2, 0) is 23.3 Å². The smallest absolute Gasteiger partial charge is 0.410 e. The summed E-state index contributed by atoms with van der Waals surface area (Å²) in [5, 5.41) is 0. The second-order valence-electron chi connectivity index (χ2n) is 6.58. The Morgan fingerprint density at radius 3 is 2.70 bits per heavy atom. The molecular formula is C19H20BrNO2. The molecule has 3 nitrogen and oxygen atoms in total. The molecule has 4 heteroatoms. The van der Waals surface area contributed by atoms with Crippen molar-refractivity contribution in [1.82, 2.24) is 4.90 Å². The molecule has 0 N–H and O–H groups in total. The van der Waals surface area contributed by atoms with Crippen molar-refractivity contribution >= 4 is 22.0 Å². The monoisotopic (exact) mass is 373 g/mol. The molecule has 0 atom stereocenters. The Morgan fingerprint density at radius 1 is 1.22 bits per heavy atom. The van der Waals surface area contributed by atoms with E-state index in [9.17, 15) is 4.79 Å². The molecule has 1 heterocycles. The van der Waals surface area contributed by atoms with Crippen LogP contribution in [-0.4, -0.2) is 17.5 Å². The lowest BCUT2D eigenvalue weighted by atomic mass is 9.78.